The molecule has 22 heteroatoms. The third kappa shape index (κ3) is 21.8. The van der Waals surface area contributed by atoms with Gasteiger partial charge in [0.05, 0.1) is 18.8 Å². The molecule has 21 nitrogen and oxygen atoms in total. The van der Waals surface area contributed by atoms with E-state index in [9.17, 15) is 53.4 Å². The lowest BCUT2D eigenvalue weighted by atomic mass is 10.1. The number of hydrogen-bond acceptors (Lipinski definition) is 13. The van der Waals surface area contributed by atoms with Gasteiger partial charge in [-0.05, 0) is 31.5 Å². The molecular weight excluding hydrogens is 750 g/mol. The number of likely N-dealkylation sites (N-methyl/N-ethyl adjacent to an activating group) is 1. The molecule has 1 aromatic rings. The van der Waals surface area contributed by atoms with Crippen molar-refractivity contribution < 1.29 is 68.7 Å². The molecule has 0 radical (unpaired) electrons. The molecule has 0 aromatic heterocycles. The van der Waals surface area contributed by atoms with Crippen LogP contribution >= 0.6 is 11.8 Å². The lowest BCUT2D eigenvalue weighted by Crippen LogP contribution is -2.50. The summed E-state index contributed by atoms with van der Waals surface area (Å²) in [5.74, 6) is -9.59. The highest BCUT2D eigenvalue weighted by Gasteiger charge is 2.29. The van der Waals surface area contributed by atoms with Gasteiger partial charge in [-0.2, -0.15) is 0 Å². The smallest absolute Gasteiger partial charge is 0.326 e. The predicted octanol–water partition coefficient (Wildman–Crippen LogP) is -1.99. The van der Waals surface area contributed by atoms with Crippen LogP contribution in [0.5, 0.6) is 0 Å². The van der Waals surface area contributed by atoms with Crippen molar-refractivity contribution in [3.8, 4) is 0 Å². The van der Waals surface area contributed by atoms with Crippen molar-refractivity contribution in [1.29, 1.82) is 0 Å². The summed E-state index contributed by atoms with van der Waals surface area (Å²) in [7, 11) is 0. The summed E-state index contributed by atoms with van der Waals surface area (Å²) < 4.78 is 0. The maximum atomic E-state index is 12.8. The van der Waals surface area contributed by atoms with Crippen molar-refractivity contribution >= 4 is 70.9 Å². The fraction of sp³-hybridized carbons (Fsp3) is 0.545. The van der Waals surface area contributed by atoms with Gasteiger partial charge in [0.25, 0.3) is 0 Å². The Balaban J connectivity index is 2.85. The highest BCUT2D eigenvalue weighted by Crippen LogP contribution is 2.11. The molecule has 0 aliphatic carbocycles. The normalized spacial score (nSPS) is 12.6. The van der Waals surface area contributed by atoms with Gasteiger partial charge in [-0.1, -0.05) is 25.1 Å². The van der Waals surface area contributed by atoms with Crippen molar-refractivity contribution in [3.05, 3.63) is 30.3 Å². The van der Waals surface area contributed by atoms with E-state index < -0.39 is 104 Å². The lowest BCUT2D eigenvalue weighted by Gasteiger charge is -2.31. The van der Waals surface area contributed by atoms with Gasteiger partial charge in [0.15, 0.2) is 0 Å². The van der Waals surface area contributed by atoms with Crippen LogP contribution in [0.1, 0.15) is 32.6 Å². The Morgan fingerprint density at radius 3 is 1.89 bits per heavy atom. The molecular formula is C33H49N7O14S. The number of carbonyl (C=O) groups excluding carboxylic acids is 4. The van der Waals surface area contributed by atoms with Crippen LogP contribution in [0.15, 0.2) is 30.3 Å². The number of anilines is 1. The molecule has 0 heterocycles. The van der Waals surface area contributed by atoms with Gasteiger partial charge in [-0.25, -0.2) is 4.79 Å². The minimum Gasteiger partial charge on any atom is -0.480 e. The standard InChI is InChI=1S/C33H49N7O14S/c1-2-39(18-30(48)49)14-15-40(13-12-34-16-28(44)45)24(33(53)54)9-11-26(42)37-22(32(51)52)8-10-25(41)38-23(31(50)35-17-29(46)47)19-55-20-27(43)36-21-6-4-3-5-7-21/h3-7,22-24,34H,2,8-20H2,1H3,(H,35,50)(H,36,43)(H,37,42)(H,38,41)(H,44,45)(H,46,47)(H,48,49)(H,51,52)(H,53,54)/t22-,23-,24?/m0/s1. The van der Waals surface area contributed by atoms with Crippen LogP contribution in [0.25, 0.3) is 0 Å². The Labute approximate surface area is 320 Å². The average molecular weight is 800 g/mol. The summed E-state index contributed by atoms with van der Waals surface area (Å²) in [6, 6.07) is 4.35. The molecule has 0 bridgehead atoms. The lowest BCUT2D eigenvalue weighted by molar-refractivity contribution is -0.145. The molecule has 3 atom stereocenters. The summed E-state index contributed by atoms with van der Waals surface area (Å²) in [6.45, 7) is 0.894. The maximum absolute atomic E-state index is 12.8. The van der Waals surface area contributed by atoms with E-state index in [1.807, 2.05) is 0 Å². The fourth-order valence-corrected chi connectivity index (χ4v) is 5.75. The summed E-state index contributed by atoms with van der Waals surface area (Å²) in [4.78, 5) is 111. The van der Waals surface area contributed by atoms with E-state index in [1.54, 1.807) is 42.2 Å². The van der Waals surface area contributed by atoms with Gasteiger partial charge in [0, 0.05) is 50.5 Å². The van der Waals surface area contributed by atoms with Gasteiger partial charge in [0.1, 0.15) is 24.7 Å². The Hall–Kier alpha value is -5.32. The quantitative estimate of drug-likeness (QED) is 0.0377. The SMILES string of the molecule is CCN(CCN(CCNCC(=O)O)C(CCC(=O)N[C@@H](CCC(=O)N[C@@H](CSCC(=O)Nc1ccccc1)C(=O)NCC(=O)O)C(=O)O)C(=O)O)CC(=O)O. The van der Waals surface area contributed by atoms with Crippen molar-refractivity contribution in [3.63, 3.8) is 0 Å². The number of carboxylic acids is 5. The zero-order chi connectivity index (χ0) is 41.3. The van der Waals surface area contributed by atoms with E-state index in [0.29, 0.717) is 12.2 Å². The van der Waals surface area contributed by atoms with Crippen LogP contribution in [0.2, 0.25) is 0 Å². The van der Waals surface area contributed by atoms with E-state index in [-0.39, 0.29) is 50.7 Å². The van der Waals surface area contributed by atoms with Crippen LogP contribution in [-0.4, -0.2) is 171 Å². The first-order chi connectivity index (χ1) is 26.0. The first-order valence-electron chi connectivity index (χ1n) is 17.1. The third-order valence-corrected chi connectivity index (χ3v) is 8.70. The van der Waals surface area contributed by atoms with Gasteiger partial charge in [-0.15, -0.1) is 11.8 Å². The molecule has 4 amide bonds. The molecule has 1 aromatic carbocycles. The van der Waals surface area contributed by atoms with Crippen molar-refractivity contribution in [2.24, 2.45) is 0 Å². The fourth-order valence-electron chi connectivity index (χ4n) is 4.90. The highest BCUT2D eigenvalue weighted by molar-refractivity contribution is 8.00. The Morgan fingerprint density at radius 2 is 1.33 bits per heavy atom. The number of para-hydroxylation sites is 1. The number of amides is 4. The zero-order valence-electron chi connectivity index (χ0n) is 30.2. The number of hydrogen-bond donors (Lipinski definition) is 10. The summed E-state index contributed by atoms with van der Waals surface area (Å²) in [5.41, 5.74) is 0.539. The molecule has 0 aliphatic heterocycles. The van der Waals surface area contributed by atoms with E-state index in [1.165, 1.54) is 4.90 Å². The molecule has 0 spiro atoms. The molecule has 1 rings (SSSR count). The largest absolute Gasteiger partial charge is 0.480 e. The minimum absolute atomic E-state index is 0.0259. The Bertz CT molecular complexity index is 1470. The van der Waals surface area contributed by atoms with Crippen LogP contribution in [0.4, 0.5) is 5.69 Å². The van der Waals surface area contributed by atoms with Gasteiger partial charge < -0.3 is 52.1 Å². The van der Waals surface area contributed by atoms with Gasteiger partial charge >= 0.3 is 29.8 Å². The van der Waals surface area contributed by atoms with Crippen LogP contribution < -0.4 is 26.6 Å². The minimum atomic E-state index is -1.60. The van der Waals surface area contributed by atoms with Crippen molar-refractivity contribution in [2.45, 2.75) is 50.7 Å². The van der Waals surface area contributed by atoms with Crippen molar-refractivity contribution in [2.75, 3.05) is 69.2 Å². The number of nitrogens with one attached hydrogen (secondary N) is 5. The third-order valence-electron chi connectivity index (χ3n) is 7.67. The van der Waals surface area contributed by atoms with E-state index in [4.69, 9.17) is 15.3 Å². The number of benzene rings is 1. The first kappa shape index (κ1) is 47.7. The second-order valence-electron chi connectivity index (χ2n) is 11.9. The molecule has 1 unspecified atom stereocenters. The molecule has 0 fully saturated rings. The average Bonchev–Trinajstić information content (AvgIpc) is 3.11. The molecule has 55 heavy (non-hydrogen) atoms. The van der Waals surface area contributed by atoms with Crippen LogP contribution in [-0.2, 0) is 43.2 Å². The summed E-state index contributed by atoms with van der Waals surface area (Å²) >= 11 is 0.972. The topological polar surface area (TPSA) is 321 Å². The van der Waals surface area contributed by atoms with E-state index in [0.717, 1.165) is 11.8 Å². The molecule has 0 saturated carbocycles. The number of thioether (sulfide) groups is 1. The van der Waals surface area contributed by atoms with E-state index in [2.05, 4.69) is 26.6 Å². The second kappa shape index (κ2) is 26.5. The molecule has 0 saturated heterocycles. The summed E-state index contributed by atoms with van der Waals surface area (Å²) in [6.07, 6.45) is -1.70. The number of nitrogens with zero attached hydrogens (tertiary/aromatic N) is 2. The number of aliphatic carboxylic acids is 5. The highest BCUT2D eigenvalue weighted by atomic mass is 32.2. The Kier molecular flexibility index (Phi) is 22.9. The maximum Gasteiger partial charge on any atom is 0.326 e. The van der Waals surface area contributed by atoms with Gasteiger partial charge in [-0.3, -0.25) is 48.2 Å². The molecule has 10 N–H and O–H groups in total. The van der Waals surface area contributed by atoms with Crippen LogP contribution in [0.3, 0.4) is 0 Å². The second-order valence-corrected chi connectivity index (χ2v) is 12.9. The molecule has 306 valence electrons. The monoisotopic (exact) mass is 799 g/mol. The van der Waals surface area contributed by atoms with E-state index >= 15 is 0 Å². The van der Waals surface area contributed by atoms with Gasteiger partial charge in [0.2, 0.25) is 23.6 Å². The number of carbonyl (C=O) groups is 9. The zero-order valence-corrected chi connectivity index (χ0v) is 31.0. The Morgan fingerprint density at radius 1 is 0.709 bits per heavy atom. The van der Waals surface area contributed by atoms with Crippen molar-refractivity contribution in [1.82, 2.24) is 31.1 Å². The van der Waals surface area contributed by atoms with Crippen LogP contribution in [0, 0.1) is 0 Å². The molecule has 0 aliphatic rings. The summed E-state index contributed by atoms with van der Waals surface area (Å²) in [5, 5.41) is 58.7. The predicted molar refractivity (Wildman–Crippen MR) is 196 cm³/mol. The first-order valence-corrected chi connectivity index (χ1v) is 18.2. The number of rotatable bonds is 30. The number of carboxylic acid groups (broad SMARTS) is 5.